The molecule has 0 spiro atoms. The van der Waals surface area contributed by atoms with Crippen LogP contribution in [0, 0.1) is 17.8 Å². The van der Waals surface area contributed by atoms with E-state index in [1.807, 2.05) is 19.1 Å². The van der Waals surface area contributed by atoms with Crippen molar-refractivity contribution in [2.45, 2.75) is 83.3 Å². The molecule has 7 nitrogen and oxygen atoms in total. The summed E-state index contributed by atoms with van der Waals surface area (Å²) in [5, 5.41) is 13.5. The normalized spacial score (nSPS) is 28.5. The Bertz CT molecular complexity index is 1040. The molecule has 1 saturated heterocycles. The van der Waals surface area contributed by atoms with Crippen molar-refractivity contribution in [3.63, 3.8) is 0 Å². The van der Waals surface area contributed by atoms with Crippen molar-refractivity contribution in [1.29, 1.82) is 0 Å². The molecule has 5 rings (SSSR count). The second kappa shape index (κ2) is 9.68. The van der Waals surface area contributed by atoms with Crippen molar-refractivity contribution in [1.82, 2.24) is 14.8 Å². The molecular formula is C27H37N3O4. The molecular weight excluding hydrogens is 430 g/mol. The van der Waals surface area contributed by atoms with Crippen molar-refractivity contribution in [2.24, 2.45) is 17.8 Å². The van der Waals surface area contributed by atoms with Gasteiger partial charge in [0.2, 0.25) is 11.8 Å². The summed E-state index contributed by atoms with van der Waals surface area (Å²) in [6.45, 7) is 2.61. The van der Waals surface area contributed by atoms with Crippen LogP contribution in [0.4, 0.5) is 0 Å². The molecule has 2 aliphatic heterocycles. The van der Waals surface area contributed by atoms with Crippen molar-refractivity contribution in [3.05, 3.63) is 39.8 Å². The molecule has 34 heavy (non-hydrogen) atoms. The van der Waals surface area contributed by atoms with Crippen LogP contribution in [0.5, 0.6) is 0 Å². The molecule has 2 fully saturated rings. The van der Waals surface area contributed by atoms with Gasteiger partial charge in [-0.2, -0.15) is 0 Å². The first kappa shape index (κ1) is 23.3. The van der Waals surface area contributed by atoms with Crippen LogP contribution in [0.3, 0.4) is 0 Å². The van der Waals surface area contributed by atoms with Gasteiger partial charge < -0.3 is 19.9 Å². The first-order valence-electron chi connectivity index (χ1n) is 13.2. The molecule has 1 aromatic rings. The monoisotopic (exact) mass is 467 g/mol. The second-order valence-electron chi connectivity index (χ2n) is 10.5. The van der Waals surface area contributed by atoms with Gasteiger partial charge in [0.25, 0.3) is 5.56 Å². The standard InChI is InChI=1S/C27H37N3O4/c1-2-23(32)30-22-15-29-21(13-12-19(27(29)34)18-10-6-7-11-18)25(30)24(20(22)16-31)26(33)28-14-17-8-4-3-5-9-17/h10,12-13,17,20,22,24-25,31H,2-9,11,14-16H2,1H3,(H,28,33)/t20-,22-,24+,25+/m1/s1. The van der Waals surface area contributed by atoms with E-state index in [0.717, 1.165) is 48.9 Å². The van der Waals surface area contributed by atoms with Gasteiger partial charge in [0.1, 0.15) is 0 Å². The number of hydrogen-bond donors (Lipinski definition) is 2. The minimum absolute atomic E-state index is 0.0303. The topological polar surface area (TPSA) is 91.6 Å². The average Bonchev–Trinajstić information content (AvgIpc) is 3.47. The first-order valence-corrected chi connectivity index (χ1v) is 13.2. The van der Waals surface area contributed by atoms with Crippen LogP contribution in [0.2, 0.25) is 0 Å². The number of rotatable bonds is 6. The molecule has 4 atom stereocenters. The summed E-state index contributed by atoms with van der Waals surface area (Å²) in [5.74, 6) is -0.581. The van der Waals surface area contributed by atoms with Gasteiger partial charge in [-0.25, -0.2) is 0 Å². The van der Waals surface area contributed by atoms with Crippen molar-refractivity contribution >= 4 is 17.4 Å². The summed E-state index contributed by atoms with van der Waals surface area (Å²) in [5.41, 5.74) is 2.51. The Morgan fingerprint density at radius 1 is 1.15 bits per heavy atom. The van der Waals surface area contributed by atoms with Crippen molar-refractivity contribution in [2.75, 3.05) is 13.2 Å². The lowest BCUT2D eigenvalue weighted by atomic mass is 9.85. The van der Waals surface area contributed by atoms with Gasteiger partial charge >= 0.3 is 0 Å². The number of carbonyl (C=O) groups is 2. The van der Waals surface area contributed by atoms with E-state index in [1.165, 1.54) is 19.3 Å². The Labute approximate surface area is 201 Å². The fraction of sp³-hybridized carbons (Fsp3) is 0.667. The number of amides is 2. The Kier molecular flexibility index (Phi) is 6.65. The zero-order chi connectivity index (χ0) is 23.8. The lowest BCUT2D eigenvalue weighted by Crippen LogP contribution is -2.49. The van der Waals surface area contributed by atoms with E-state index in [9.17, 15) is 19.5 Å². The van der Waals surface area contributed by atoms with Crippen LogP contribution in [0.15, 0.2) is 23.0 Å². The quantitative estimate of drug-likeness (QED) is 0.673. The second-order valence-corrected chi connectivity index (χ2v) is 10.5. The third-order valence-electron chi connectivity index (χ3n) is 8.61. The molecule has 2 amide bonds. The Morgan fingerprint density at radius 2 is 1.94 bits per heavy atom. The van der Waals surface area contributed by atoms with Gasteiger partial charge in [0.15, 0.2) is 0 Å². The number of aromatic nitrogens is 1. The number of hydrogen-bond acceptors (Lipinski definition) is 4. The summed E-state index contributed by atoms with van der Waals surface area (Å²) in [6, 6.07) is 2.94. The predicted molar refractivity (Wildman–Crippen MR) is 130 cm³/mol. The highest BCUT2D eigenvalue weighted by Crippen LogP contribution is 2.48. The van der Waals surface area contributed by atoms with E-state index in [4.69, 9.17) is 0 Å². The summed E-state index contributed by atoms with van der Waals surface area (Å²) in [6.07, 6.45) is 11.4. The van der Waals surface area contributed by atoms with E-state index in [1.54, 1.807) is 9.47 Å². The van der Waals surface area contributed by atoms with Crippen LogP contribution in [-0.4, -0.2) is 45.6 Å². The number of aliphatic hydroxyl groups is 1. The van der Waals surface area contributed by atoms with Gasteiger partial charge in [0.05, 0.1) is 18.0 Å². The number of allylic oxidation sites excluding steroid dienone is 2. The maximum atomic E-state index is 13.6. The van der Waals surface area contributed by atoms with Crippen molar-refractivity contribution in [3.8, 4) is 0 Å². The minimum Gasteiger partial charge on any atom is -0.396 e. The highest BCUT2D eigenvalue weighted by molar-refractivity contribution is 5.84. The number of pyridine rings is 1. The van der Waals surface area contributed by atoms with Gasteiger partial charge in [-0.3, -0.25) is 14.4 Å². The van der Waals surface area contributed by atoms with E-state index >= 15 is 0 Å². The fourth-order valence-corrected chi connectivity index (χ4v) is 6.84. The third kappa shape index (κ3) is 3.92. The molecule has 1 saturated carbocycles. The van der Waals surface area contributed by atoms with Gasteiger partial charge in [-0.1, -0.05) is 32.3 Å². The lowest BCUT2D eigenvalue weighted by molar-refractivity contribution is -0.136. The highest BCUT2D eigenvalue weighted by atomic mass is 16.3. The number of aliphatic hydroxyl groups excluding tert-OH is 1. The summed E-state index contributed by atoms with van der Waals surface area (Å²) >= 11 is 0. The lowest BCUT2D eigenvalue weighted by Gasteiger charge is -2.38. The number of carbonyl (C=O) groups excluding carboxylic acids is 2. The first-order chi connectivity index (χ1) is 16.5. The minimum atomic E-state index is -0.557. The molecule has 1 aromatic heterocycles. The van der Waals surface area contributed by atoms with Gasteiger partial charge in [-0.05, 0) is 55.7 Å². The molecule has 184 valence electrons. The van der Waals surface area contributed by atoms with Crippen LogP contribution < -0.4 is 10.9 Å². The van der Waals surface area contributed by atoms with Crippen LogP contribution in [0.25, 0.3) is 5.57 Å². The van der Waals surface area contributed by atoms with Crippen molar-refractivity contribution < 1.29 is 14.7 Å². The van der Waals surface area contributed by atoms with Gasteiger partial charge in [0, 0.05) is 43.3 Å². The molecule has 0 aromatic carbocycles. The maximum absolute atomic E-state index is 13.6. The third-order valence-corrected chi connectivity index (χ3v) is 8.61. The Morgan fingerprint density at radius 3 is 2.62 bits per heavy atom. The van der Waals surface area contributed by atoms with Crippen LogP contribution in [-0.2, 0) is 16.1 Å². The van der Waals surface area contributed by atoms with Crippen LogP contribution >= 0.6 is 0 Å². The molecule has 3 heterocycles. The van der Waals surface area contributed by atoms with E-state index < -0.39 is 12.0 Å². The molecule has 4 aliphatic rings. The maximum Gasteiger partial charge on any atom is 0.258 e. The number of nitrogens with zero attached hydrogens (tertiary/aromatic N) is 2. The average molecular weight is 468 g/mol. The van der Waals surface area contributed by atoms with Crippen LogP contribution in [0.1, 0.15) is 82.0 Å². The molecule has 0 radical (unpaired) electrons. The predicted octanol–water partition coefficient (Wildman–Crippen LogP) is 3.01. The summed E-state index contributed by atoms with van der Waals surface area (Å²) in [4.78, 5) is 41.9. The number of fused-ring (bicyclic) bond motifs is 4. The van der Waals surface area contributed by atoms with Gasteiger partial charge in [-0.15, -0.1) is 0 Å². The Hall–Kier alpha value is -2.41. The van der Waals surface area contributed by atoms with E-state index in [0.29, 0.717) is 25.4 Å². The highest BCUT2D eigenvalue weighted by Gasteiger charge is 2.57. The zero-order valence-electron chi connectivity index (χ0n) is 20.2. The SMILES string of the molecule is CCC(=O)N1[C@@H]2Cn3c(ccc(C4=CCCC4)c3=O)[C@H]1[C@@H](C(=O)NCC1CCCCC1)[C@@H]2CO. The molecule has 2 N–H and O–H groups in total. The molecule has 2 bridgehead atoms. The smallest absolute Gasteiger partial charge is 0.258 e. The van der Waals surface area contributed by atoms with E-state index in [2.05, 4.69) is 11.4 Å². The largest absolute Gasteiger partial charge is 0.396 e. The molecule has 0 unspecified atom stereocenters. The Balaban J connectivity index is 1.50. The fourth-order valence-electron chi connectivity index (χ4n) is 6.84. The summed E-state index contributed by atoms with van der Waals surface area (Å²) in [7, 11) is 0. The molecule has 2 aliphatic carbocycles. The van der Waals surface area contributed by atoms with E-state index in [-0.39, 0.29) is 35.9 Å². The summed E-state index contributed by atoms with van der Waals surface area (Å²) < 4.78 is 1.78. The number of nitrogens with one attached hydrogen (secondary N) is 1. The zero-order valence-corrected chi connectivity index (χ0v) is 20.2. The molecule has 7 heteroatoms.